The highest BCUT2D eigenvalue weighted by molar-refractivity contribution is 6.30. The van der Waals surface area contributed by atoms with E-state index in [1.807, 2.05) is 12.1 Å². The predicted octanol–water partition coefficient (Wildman–Crippen LogP) is 2.81. The zero-order valence-corrected chi connectivity index (χ0v) is 12.6. The minimum Gasteiger partial charge on any atom is -0.484 e. The van der Waals surface area contributed by atoms with Gasteiger partial charge in [-0.3, -0.25) is 9.78 Å². The number of likely N-dealkylation sites (N-methyl/N-ethyl adjacent to an activating group) is 1. The summed E-state index contributed by atoms with van der Waals surface area (Å²) in [5.74, 6) is 0.578. The fourth-order valence-corrected chi connectivity index (χ4v) is 1.88. The SMILES string of the molecule is CN(CCc1ccncc1)C(=O)COc1ccc(Cl)cc1. The van der Waals surface area contributed by atoms with Crippen LogP contribution in [0.4, 0.5) is 0 Å². The minimum absolute atomic E-state index is 0.0223. The normalized spacial score (nSPS) is 10.2. The van der Waals surface area contributed by atoms with E-state index in [4.69, 9.17) is 16.3 Å². The van der Waals surface area contributed by atoms with Crippen LogP contribution in [0.25, 0.3) is 0 Å². The van der Waals surface area contributed by atoms with E-state index in [0.29, 0.717) is 17.3 Å². The minimum atomic E-state index is -0.0565. The van der Waals surface area contributed by atoms with Crippen molar-refractivity contribution in [2.75, 3.05) is 20.2 Å². The van der Waals surface area contributed by atoms with Gasteiger partial charge in [-0.05, 0) is 48.4 Å². The number of aromatic nitrogens is 1. The fraction of sp³-hybridized carbons (Fsp3) is 0.250. The Balaban J connectivity index is 1.76. The first-order valence-electron chi connectivity index (χ1n) is 6.66. The molecule has 1 amide bonds. The molecule has 0 aliphatic heterocycles. The van der Waals surface area contributed by atoms with E-state index in [2.05, 4.69) is 4.98 Å². The number of carbonyl (C=O) groups excluding carboxylic acids is 1. The lowest BCUT2D eigenvalue weighted by molar-refractivity contribution is -0.132. The molecule has 21 heavy (non-hydrogen) atoms. The quantitative estimate of drug-likeness (QED) is 0.824. The highest BCUT2D eigenvalue weighted by atomic mass is 35.5. The molecule has 5 heteroatoms. The lowest BCUT2D eigenvalue weighted by Crippen LogP contribution is -2.33. The van der Waals surface area contributed by atoms with Crippen LogP contribution in [0.2, 0.25) is 5.02 Å². The van der Waals surface area contributed by atoms with Crippen molar-refractivity contribution < 1.29 is 9.53 Å². The summed E-state index contributed by atoms with van der Waals surface area (Å²) in [7, 11) is 1.77. The third kappa shape index (κ3) is 5.08. The monoisotopic (exact) mass is 304 g/mol. The number of ether oxygens (including phenoxy) is 1. The van der Waals surface area contributed by atoms with Gasteiger partial charge < -0.3 is 9.64 Å². The number of benzene rings is 1. The Labute approximate surface area is 129 Å². The smallest absolute Gasteiger partial charge is 0.260 e. The summed E-state index contributed by atoms with van der Waals surface area (Å²) < 4.78 is 5.44. The highest BCUT2D eigenvalue weighted by Crippen LogP contribution is 2.15. The summed E-state index contributed by atoms with van der Waals surface area (Å²) in [6.45, 7) is 0.668. The molecule has 1 aromatic carbocycles. The molecule has 0 aliphatic carbocycles. The number of nitrogens with zero attached hydrogens (tertiary/aromatic N) is 2. The third-order valence-electron chi connectivity index (χ3n) is 3.09. The molecular weight excluding hydrogens is 288 g/mol. The predicted molar refractivity (Wildman–Crippen MR) is 82.5 cm³/mol. The van der Waals surface area contributed by atoms with Gasteiger partial charge in [0.15, 0.2) is 6.61 Å². The molecule has 110 valence electrons. The van der Waals surface area contributed by atoms with Gasteiger partial charge in [-0.15, -0.1) is 0 Å². The molecule has 0 unspecified atom stereocenters. The molecule has 0 N–H and O–H groups in total. The number of halogens is 1. The zero-order valence-electron chi connectivity index (χ0n) is 11.8. The van der Waals surface area contributed by atoms with Crippen molar-refractivity contribution in [3.05, 3.63) is 59.4 Å². The highest BCUT2D eigenvalue weighted by Gasteiger charge is 2.09. The average Bonchev–Trinajstić information content (AvgIpc) is 2.52. The van der Waals surface area contributed by atoms with E-state index < -0.39 is 0 Å². The Morgan fingerprint density at radius 2 is 1.86 bits per heavy atom. The van der Waals surface area contributed by atoms with Gasteiger partial charge in [0.2, 0.25) is 0 Å². The molecule has 0 saturated heterocycles. The van der Waals surface area contributed by atoms with Gasteiger partial charge in [0, 0.05) is 31.0 Å². The van der Waals surface area contributed by atoms with Gasteiger partial charge in [-0.2, -0.15) is 0 Å². The first kappa shape index (κ1) is 15.3. The molecule has 0 radical (unpaired) electrons. The number of hydrogen-bond acceptors (Lipinski definition) is 3. The summed E-state index contributed by atoms with van der Waals surface area (Å²) in [6.07, 6.45) is 4.30. The van der Waals surface area contributed by atoms with Crippen molar-refractivity contribution in [1.29, 1.82) is 0 Å². The first-order chi connectivity index (χ1) is 10.1. The molecule has 0 aliphatic rings. The maximum Gasteiger partial charge on any atom is 0.260 e. The first-order valence-corrected chi connectivity index (χ1v) is 7.04. The van der Waals surface area contributed by atoms with Crippen LogP contribution in [0, 0.1) is 0 Å². The maximum absolute atomic E-state index is 12.0. The Kier molecular flexibility index (Phi) is 5.58. The van der Waals surface area contributed by atoms with Crippen LogP contribution < -0.4 is 4.74 Å². The largest absolute Gasteiger partial charge is 0.484 e. The van der Waals surface area contributed by atoms with Crippen molar-refractivity contribution in [2.24, 2.45) is 0 Å². The van der Waals surface area contributed by atoms with Crippen molar-refractivity contribution in [3.8, 4) is 5.75 Å². The van der Waals surface area contributed by atoms with Gasteiger partial charge in [-0.25, -0.2) is 0 Å². The molecule has 1 heterocycles. The van der Waals surface area contributed by atoms with E-state index in [9.17, 15) is 4.79 Å². The van der Waals surface area contributed by atoms with E-state index in [1.54, 1.807) is 48.6 Å². The van der Waals surface area contributed by atoms with Gasteiger partial charge in [0.05, 0.1) is 0 Å². The maximum atomic E-state index is 12.0. The van der Waals surface area contributed by atoms with E-state index in [1.165, 1.54) is 0 Å². The van der Waals surface area contributed by atoms with E-state index in [0.717, 1.165) is 12.0 Å². The molecular formula is C16H17ClN2O2. The summed E-state index contributed by atoms with van der Waals surface area (Å²) >= 11 is 5.79. The van der Waals surface area contributed by atoms with E-state index in [-0.39, 0.29) is 12.5 Å². The molecule has 0 bridgehead atoms. The van der Waals surface area contributed by atoms with Crippen LogP contribution in [0.5, 0.6) is 5.75 Å². The van der Waals surface area contributed by atoms with Crippen molar-refractivity contribution in [3.63, 3.8) is 0 Å². The van der Waals surface area contributed by atoms with E-state index >= 15 is 0 Å². The lowest BCUT2D eigenvalue weighted by Gasteiger charge is -2.17. The standard InChI is InChI=1S/C16H17ClN2O2/c1-19(11-8-13-6-9-18-10-7-13)16(20)12-21-15-4-2-14(17)3-5-15/h2-7,9-10H,8,11-12H2,1H3. The van der Waals surface area contributed by atoms with Gasteiger partial charge in [0.25, 0.3) is 5.91 Å². The molecule has 2 aromatic rings. The van der Waals surface area contributed by atoms with Crippen molar-refractivity contribution in [1.82, 2.24) is 9.88 Å². The van der Waals surface area contributed by atoms with Crippen LogP contribution >= 0.6 is 11.6 Å². The Morgan fingerprint density at radius 1 is 1.19 bits per heavy atom. The second kappa shape index (κ2) is 7.64. The number of hydrogen-bond donors (Lipinski definition) is 0. The summed E-state index contributed by atoms with van der Waals surface area (Å²) in [5, 5.41) is 0.642. The molecule has 0 spiro atoms. The van der Waals surface area contributed by atoms with Crippen LogP contribution in [-0.2, 0) is 11.2 Å². The van der Waals surface area contributed by atoms with Crippen molar-refractivity contribution >= 4 is 17.5 Å². The summed E-state index contributed by atoms with van der Waals surface area (Å²) in [5.41, 5.74) is 1.16. The van der Waals surface area contributed by atoms with Crippen LogP contribution in [-0.4, -0.2) is 36.0 Å². The van der Waals surface area contributed by atoms with Crippen LogP contribution in [0.15, 0.2) is 48.8 Å². The molecule has 0 atom stereocenters. The van der Waals surface area contributed by atoms with Gasteiger partial charge >= 0.3 is 0 Å². The summed E-state index contributed by atoms with van der Waals surface area (Å²) in [4.78, 5) is 17.6. The lowest BCUT2D eigenvalue weighted by atomic mass is 10.2. The Hall–Kier alpha value is -2.07. The molecule has 0 fully saturated rings. The van der Waals surface area contributed by atoms with Crippen molar-refractivity contribution in [2.45, 2.75) is 6.42 Å². The van der Waals surface area contributed by atoms with Crippen LogP contribution in [0.1, 0.15) is 5.56 Å². The van der Waals surface area contributed by atoms with Crippen LogP contribution in [0.3, 0.4) is 0 Å². The zero-order chi connectivity index (χ0) is 15.1. The topological polar surface area (TPSA) is 42.4 Å². The van der Waals surface area contributed by atoms with Gasteiger partial charge in [-0.1, -0.05) is 11.6 Å². The Morgan fingerprint density at radius 3 is 2.52 bits per heavy atom. The fourth-order valence-electron chi connectivity index (χ4n) is 1.76. The number of rotatable bonds is 6. The third-order valence-corrected chi connectivity index (χ3v) is 3.34. The summed E-state index contributed by atoms with van der Waals surface area (Å²) in [6, 6.07) is 10.8. The average molecular weight is 305 g/mol. The molecule has 0 saturated carbocycles. The van der Waals surface area contributed by atoms with Gasteiger partial charge in [0.1, 0.15) is 5.75 Å². The molecule has 4 nitrogen and oxygen atoms in total. The molecule has 1 aromatic heterocycles. The number of pyridine rings is 1. The Bertz CT molecular complexity index is 573. The second-order valence-corrected chi connectivity index (χ2v) is 5.10. The second-order valence-electron chi connectivity index (χ2n) is 4.66. The molecule has 2 rings (SSSR count). The number of carbonyl (C=O) groups is 1. The number of amides is 1.